The fraction of sp³-hybridized carbons (Fsp3) is 0.346. The van der Waals surface area contributed by atoms with Crippen molar-refractivity contribution in [1.82, 2.24) is 39.1 Å². The molecule has 1 fully saturated rings. The molecule has 6 rings (SSSR count). The molecule has 5 aromatic rings. The van der Waals surface area contributed by atoms with Gasteiger partial charge in [0.2, 0.25) is 0 Å². The monoisotopic (exact) mass is 468 g/mol. The second-order valence-electron chi connectivity index (χ2n) is 9.42. The van der Waals surface area contributed by atoms with Gasteiger partial charge in [0.1, 0.15) is 11.5 Å². The van der Waals surface area contributed by atoms with Crippen LogP contribution in [0.3, 0.4) is 0 Å². The predicted molar refractivity (Wildman–Crippen MR) is 133 cm³/mol. The van der Waals surface area contributed by atoms with Gasteiger partial charge in [-0.25, -0.2) is 19.6 Å². The van der Waals surface area contributed by atoms with Crippen molar-refractivity contribution in [1.29, 1.82) is 0 Å². The lowest BCUT2D eigenvalue weighted by atomic mass is 10.1. The number of nitrogens with zero attached hydrogens (tertiary/aromatic N) is 8. The first-order valence-electron chi connectivity index (χ1n) is 12.0. The van der Waals surface area contributed by atoms with Gasteiger partial charge in [0, 0.05) is 24.0 Å². The van der Waals surface area contributed by atoms with E-state index in [0.29, 0.717) is 30.2 Å². The maximum atomic E-state index is 5.56. The van der Waals surface area contributed by atoms with Crippen LogP contribution in [0.5, 0.6) is 5.75 Å². The highest BCUT2D eigenvalue weighted by Gasteiger charge is 2.30. The van der Waals surface area contributed by atoms with E-state index in [2.05, 4.69) is 64.1 Å². The first kappa shape index (κ1) is 21.5. The summed E-state index contributed by atoms with van der Waals surface area (Å²) in [6, 6.07) is 9.26. The summed E-state index contributed by atoms with van der Waals surface area (Å²) in [6.45, 7) is 6.98. The number of benzene rings is 1. The number of methoxy groups -OCH3 is 1. The molecule has 0 atom stereocenters. The number of fused-ring (bicyclic) bond motifs is 1. The fourth-order valence-corrected chi connectivity index (χ4v) is 4.46. The lowest BCUT2D eigenvalue weighted by Gasteiger charge is -2.12. The lowest BCUT2D eigenvalue weighted by Crippen LogP contribution is -2.06. The molecule has 0 spiro atoms. The molecule has 9 nitrogen and oxygen atoms in total. The Balaban J connectivity index is 1.31. The van der Waals surface area contributed by atoms with Crippen molar-refractivity contribution in [3.8, 4) is 28.7 Å². The van der Waals surface area contributed by atoms with Gasteiger partial charge in [0.05, 0.1) is 43.2 Å². The minimum Gasteiger partial charge on any atom is -0.493 e. The smallest absolute Gasteiger partial charge is 0.183 e. The van der Waals surface area contributed by atoms with Crippen LogP contribution in [0.1, 0.15) is 50.0 Å². The quantitative estimate of drug-likeness (QED) is 0.340. The van der Waals surface area contributed by atoms with Crippen LogP contribution in [-0.4, -0.2) is 46.2 Å². The zero-order chi connectivity index (χ0) is 24.1. The number of ether oxygens (including phenoxy) is 1. The van der Waals surface area contributed by atoms with Crippen LogP contribution < -0.4 is 4.74 Å². The van der Waals surface area contributed by atoms with Crippen LogP contribution >= 0.6 is 0 Å². The molecule has 0 N–H and O–H groups in total. The molecule has 35 heavy (non-hydrogen) atoms. The Hall–Kier alpha value is -4.01. The molecule has 4 heterocycles. The molecule has 1 saturated carbocycles. The van der Waals surface area contributed by atoms with E-state index in [1.165, 1.54) is 0 Å². The van der Waals surface area contributed by atoms with E-state index in [-0.39, 0.29) is 0 Å². The van der Waals surface area contributed by atoms with Crippen molar-refractivity contribution >= 4 is 11.0 Å². The predicted octanol–water partition coefficient (Wildman–Crippen LogP) is 4.83. The summed E-state index contributed by atoms with van der Waals surface area (Å²) in [4.78, 5) is 14.2. The van der Waals surface area contributed by atoms with Gasteiger partial charge in [0.25, 0.3) is 0 Å². The normalized spacial score (nSPS) is 13.7. The molecule has 0 radical (unpaired) electrons. The number of hydrogen-bond acceptors (Lipinski definition) is 6. The van der Waals surface area contributed by atoms with Gasteiger partial charge in [-0.2, -0.15) is 10.2 Å². The Morgan fingerprint density at radius 3 is 2.54 bits per heavy atom. The third kappa shape index (κ3) is 3.86. The summed E-state index contributed by atoms with van der Waals surface area (Å²) in [5.41, 5.74) is 4.88. The van der Waals surface area contributed by atoms with E-state index >= 15 is 0 Å². The maximum absolute atomic E-state index is 5.56. The van der Waals surface area contributed by atoms with E-state index in [0.717, 1.165) is 52.2 Å². The molecule has 0 unspecified atom stereocenters. The maximum Gasteiger partial charge on any atom is 0.183 e. The van der Waals surface area contributed by atoms with Gasteiger partial charge in [0.15, 0.2) is 17.2 Å². The number of aryl methyl sites for hydroxylation is 1. The Morgan fingerprint density at radius 2 is 1.83 bits per heavy atom. The van der Waals surface area contributed by atoms with Crippen LogP contribution in [0.4, 0.5) is 0 Å². The van der Waals surface area contributed by atoms with Gasteiger partial charge in [-0.1, -0.05) is 24.3 Å². The summed E-state index contributed by atoms with van der Waals surface area (Å²) >= 11 is 0. The zero-order valence-electron chi connectivity index (χ0n) is 20.4. The van der Waals surface area contributed by atoms with Crippen LogP contribution in [0, 0.1) is 6.92 Å². The van der Waals surface area contributed by atoms with Crippen molar-refractivity contribution < 1.29 is 4.74 Å². The van der Waals surface area contributed by atoms with Gasteiger partial charge >= 0.3 is 0 Å². The second-order valence-corrected chi connectivity index (χ2v) is 9.42. The average Bonchev–Trinajstić information content (AvgIpc) is 3.30. The third-order valence-electron chi connectivity index (χ3n) is 6.42. The number of aromatic nitrogens is 8. The Labute approximate surface area is 203 Å². The van der Waals surface area contributed by atoms with Gasteiger partial charge in [-0.3, -0.25) is 4.68 Å². The van der Waals surface area contributed by atoms with Crippen LogP contribution in [0.25, 0.3) is 33.9 Å². The van der Waals surface area contributed by atoms with Crippen LogP contribution in [0.2, 0.25) is 0 Å². The molecule has 4 aromatic heterocycles. The van der Waals surface area contributed by atoms with E-state index in [9.17, 15) is 0 Å². The molecule has 1 aliphatic rings. The molecule has 0 saturated heterocycles. The molecule has 0 bridgehead atoms. The SMILES string of the molecule is COc1cnn(C2CC2)c1-c1ncc2cnn(Cc3ccc(-c4nc(C)cn4C(C)C)cc3)c2n1. The summed E-state index contributed by atoms with van der Waals surface area (Å²) in [5.74, 6) is 2.28. The standard InChI is InChI=1S/C26H28N8O/c1-16(2)32-14-17(3)30-25(32)19-7-5-18(6-8-19)15-33-26-20(12-28-33)11-27-24(31-26)23-22(35-4)13-29-34(23)21-9-10-21/h5-8,11-14,16,21H,9-10,15H2,1-4H3. The third-order valence-corrected chi connectivity index (χ3v) is 6.42. The Bertz CT molecular complexity index is 1500. The van der Waals surface area contributed by atoms with E-state index < -0.39 is 0 Å². The largest absolute Gasteiger partial charge is 0.493 e. The summed E-state index contributed by atoms with van der Waals surface area (Å²) < 4.78 is 11.7. The van der Waals surface area contributed by atoms with Gasteiger partial charge in [-0.05, 0) is 39.2 Å². The second kappa shape index (κ2) is 8.33. The molecular weight excluding hydrogens is 440 g/mol. The molecule has 9 heteroatoms. The van der Waals surface area contributed by atoms with Crippen molar-refractivity contribution in [3.63, 3.8) is 0 Å². The van der Waals surface area contributed by atoms with E-state index in [1.807, 2.05) is 28.7 Å². The Morgan fingerprint density at radius 1 is 1.03 bits per heavy atom. The zero-order valence-corrected chi connectivity index (χ0v) is 20.4. The summed E-state index contributed by atoms with van der Waals surface area (Å²) in [6.07, 6.45) is 9.71. The first-order valence-corrected chi connectivity index (χ1v) is 12.0. The summed E-state index contributed by atoms with van der Waals surface area (Å²) in [7, 11) is 1.65. The van der Waals surface area contributed by atoms with Crippen molar-refractivity contribution in [2.75, 3.05) is 7.11 Å². The molecule has 178 valence electrons. The number of rotatable bonds is 7. The minimum absolute atomic E-state index is 0.352. The average molecular weight is 469 g/mol. The van der Waals surface area contributed by atoms with Crippen LogP contribution in [0.15, 0.2) is 49.1 Å². The van der Waals surface area contributed by atoms with Crippen LogP contribution in [-0.2, 0) is 6.54 Å². The minimum atomic E-state index is 0.352. The molecule has 0 aliphatic heterocycles. The number of imidazole rings is 1. The van der Waals surface area contributed by atoms with Gasteiger partial charge < -0.3 is 9.30 Å². The first-order chi connectivity index (χ1) is 17.0. The van der Waals surface area contributed by atoms with E-state index in [4.69, 9.17) is 14.7 Å². The van der Waals surface area contributed by atoms with E-state index in [1.54, 1.807) is 13.3 Å². The van der Waals surface area contributed by atoms with Crippen molar-refractivity contribution in [3.05, 3.63) is 60.3 Å². The summed E-state index contributed by atoms with van der Waals surface area (Å²) in [5, 5.41) is 10.0. The highest BCUT2D eigenvalue weighted by molar-refractivity contribution is 5.76. The van der Waals surface area contributed by atoms with Crippen molar-refractivity contribution in [2.24, 2.45) is 0 Å². The topological polar surface area (TPSA) is 88.5 Å². The molecule has 1 aliphatic carbocycles. The van der Waals surface area contributed by atoms with Crippen molar-refractivity contribution in [2.45, 2.75) is 52.2 Å². The molecule has 0 amide bonds. The Kier molecular flexibility index (Phi) is 5.12. The van der Waals surface area contributed by atoms with Gasteiger partial charge in [-0.15, -0.1) is 0 Å². The lowest BCUT2D eigenvalue weighted by molar-refractivity contribution is 0.415. The molecule has 1 aromatic carbocycles. The highest BCUT2D eigenvalue weighted by Crippen LogP contribution is 2.40. The fourth-order valence-electron chi connectivity index (χ4n) is 4.46. The highest BCUT2D eigenvalue weighted by atomic mass is 16.5. The molecular formula is C26H28N8O. The number of hydrogen-bond donors (Lipinski definition) is 0.